The summed E-state index contributed by atoms with van der Waals surface area (Å²) < 4.78 is 6.06. The summed E-state index contributed by atoms with van der Waals surface area (Å²) in [5, 5.41) is 18.1. The Morgan fingerprint density at radius 3 is 2.62 bits per heavy atom. The molecule has 0 radical (unpaired) electrons. The van der Waals surface area contributed by atoms with Gasteiger partial charge in [0.15, 0.2) is 6.10 Å². The van der Waals surface area contributed by atoms with Gasteiger partial charge >= 0.3 is 11.9 Å². The van der Waals surface area contributed by atoms with Gasteiger partial charge in [0.1, 0.15) is 11.6 Å². The van der Waals surface area contributed by atoms with Gasteiger partial charge in [-0.25, -0.2) is 9.59 Å². The third-order valence-corrected chi connectivity index (χ3v) is 3.54. The first-order valence-corrected chi connectivity index (χ1v) is 7.78. The lowest BCUT2D eigenvalue weighted by atomic mass is 10.1. The number of hydrogen-bond donors (Lipinski definition) is 3. The molecule has 130 valence electrons. The average molecular weight is 335 g/mol. The Labute approximate surface area is 139 Å². The molecule has 2 aliphatic rings. The van der Waals surface area contributed by atoms with Gasteiger partial charge in [-0.05, 0) is 18.6 Å². The number of carboxylic acid groups (broad SMARTS) is 2. The van der Waals surface area contributed by atoms with Gasteiger partial charge in [0, 0.05) is 13.1 Å². The highest BCUT2D eigenvalue weighted by molar-refractivity contribution is 6.27. The highest BCUT2D eigenvalue weighted by atomic mass is 16.5. The van der Waals surface area contributed by atoms with Crippen LogP contribution in [-0.4, -0.2) is 60.3 Å². The quantitative estimate of drug-likeness (QED) is 0.701. The second-order valence-electron chi connectivity index (χ2n) is 5.32. The minimum absolute atomic E-state index is 0.0500. The number of carbonyl (C=O) groups is 2. The van der Waals surface area contributed by atoms with Crippen molar-refractivity contribution in [1.29, 1.82) is 0 Å². The Hall–Kier alpha value is -2.77. The number of nitrogens with zero attached hydrogens (tertiary/aromatic N) is 2. The van der Waals surface area contributed by atoms with E-state index in [9.17, 15) is 0 Å². The van der Waals surface area contributed by atoms with Crippen LogP contribution in [0.1, 0.15) is 13.3 Å². The highest BCUT2D eigenvalue weighted by Crippen LogP contribution is 2.33. The molecule has 0 saturated heterocycles. The van der Waals surface area contributed by atoms with Crippen LogP contribution in [-0.2, 0) is 9.59 Å². The third-order valence-electron chi connectivity index (χ3n) is 3.54. The predicted octanol–water partition coefficient (Wildman–Crippen LogP) is 0.821. The number of carboxylic acids is 2. The van der Waals surface area contributed by atoms with Crippen molar-refractivity contribution < 1.29 is 24.5 Å². The molecule has 0 saturated carbocycles. The maximum absolute atomic E-state index is 9.10. The van der Waals surface area contributed by atoms with Crippen molar-refractivity contribution in [2.45, 2.75) is 19.4 Å². The molecule has 8 nitrogen and oxygen atoms in total. The molecule has 1 aromatic carbocycles. The van der Waals surface area contributed by atoms with E-state index in [2.05, 4.69) is 34.3 Å². The number of ether oxygens (including phenoxy) is 1. The average Bonchev–Trinajstić information content (AvgIpc) is 3.10. The minimum Gasteiger partial charge on any atom is -0.478 e. The Kier molecular flexibility index (Phi) is 6.00. The van der Waals surface area contributed by atoms with Gasteiger partial charge in [-0.15, -0.1) is 0 Å². The lowest BCUT2D eigenvalue weighted by Crippen LogP contribution is -2.48. The summed E-state index contributed by atoms with van der Waals surface area (Å²) in [7, 11) is 0. The number of nitrogens with one attached hydrogen (secondary N) is 1. The topological polar surface area (TPSA) is 111 Å². The molecule has 8 heteroatoms. The van der Waals surface area contributed by atoms with E-state index in [0.29, 0.717) is 0 Å². The second-order valence-corrected chi connectivity index (χ2v) is 5.32. The lowest BCUT2D eigenvalue weighted by molar-refractivity contribution is -0.159. The Morgan fingerprint density at radius 1 is 1.33 bits per heavy atom. The number of benzene rings is 1. The highest BCUT2D eigenvalue weighted by Gasteiger charge is 2.29. The largest absolute Gasteiger partial charge is 0.478 e. The molecule has 0 aromatic heterocycles. The summed E-state index contributed by atoms with van der Waals surface area (Å²) >= 11 is 0. The number of hydrogen-bond acceptors (Lipinski definition) is 6. The molecule has 0 aliphatic carbocycles. The lowest BCUT2D eigenvalue weighted by Gasteiger charge is -2.36. The molecule has 2 aliphatic heterocycles. The van der Waals surface area contributed by atoms with E-state index in [1.54, 1.807) is 0 Å². The Bertz CT molecular complexity index is 620. The van der Waals surface area contributed by atoms with Gasteiger partial charge in [0.05, 0.1) is 18.8 Å². The monoisotopic (exact) mass is 335 g/mol. The van der Waals surface area contributed by atoms with E-state index in [0.717, 1.165) is 44.2 Å². The smallest absolute Gasteiger partial charge is 0.414 e. The van der Waals surface area contributed by atoms with Gasteiger partial charge in [-0.3, -0.25) is 4.99 Å². The Morgan fingerprint density at radius 2 is 2.04 bits per heavy atom. The normalized spacial score (nSPS) is 18.3. The maximum Gasteiger partial charge on any atom is 0.414 e. The molecule has 24 heavy (non-hydrogen) atoms. The molecule has 0 spiro atoms. The van der Waals surface area contributed by atoms with Crippen molar-refractivity contribution in [1.82, 2.24) is 5.32 Å². The first kappa shape index (κ1) is 17.6. The molecule has 2 heterocycles. The molecule has 3 rings (SSSR count). The van der Waals surface area contributed by atoms with Crippen LogP contribution in [0.25, 0.3) is 0 Å². The number of aliphatic imine (C=N–C) groups is 1. The fourth-order valence-corrected chi connectivity index (χ4v) is 2.56. The molecular formula is C16H21N3O5. The standard InChI is InChI=1S/C14H19N3O.C2H2O4/c1-2-9-17-10-13(14-15-7-8-16-14)18-12-6-4-3-5-11(12)17;3-1(4)2(5)6/h3-6,13H,2,7-10H2,1H3,(H,15,16);(H,3,4)(H,5,6). The van der Waals surface area contributed by atoms with Crippen molar-refractivity contribution in [3.8, 4) is 5.75 Å². The van der Waals surface area contributed by atoms with E-state index in [1.165, 1.54) is 5.69 Å². The zero-order chi connectivity index (χ0) is 17.5. The zero-order valence-corrected chi connectivity index (χ0v) is 13.4. The van der Waals surface area contributed by atoms with E-state index >= 15 is 0 Å². The second kappa shape index (κ2) is 8.19. The molecule has 1 atom stereocenters. The van der Waals surface area contributed by atoms with Crippen LogP contribution >= 0.6 is 0 Å². The van der Waals surface area contributed by atoms with Crippen molar-refractivity contribution in [3.63, 3.8) is 0 Å². The van der Waals surface area contributed by atoms with E-state index < -0.39 is 11.9 Å². The van der Waals surface area contributed by atoms with Crippen LogP contribution in [0.3, 0.4) is 0 Å². The molecule has 1 aromatic rings. The summed E-state index contributed by atoms with van der Waals surface area (Å²) in [5.74, 6) is -1.67. The van der Waals surface area contributed by atoms with Crippen molar-refractivity contribution in [2.75, 3.05) is 31.1 Å². The Balaban J connectivity index is 0.000000301. The summed E-state index contributed by atoms with van der Waals surface area (Å²) in [4.78, 5) is 25.1. The summed E-state index contributed by atoms with van der Waals surface area (Å²) in [6.45, 7) is 5.95. The summed E-state index contributed by atoms with van der Waals surface area (Å²) in [6, 6.07) is 8.26. The third kappa shape index (κ3) is 4.37. The van der Waals surface area contributed by atoms with Crippen molar-refractivity contribution in [2.24, 2.45) is 4.99 Å². The molecule has 1 unspecified atom stereocenters. The molecule has 0 bridgehead atoms. The molecular weight excluding hydrogens is 314 g/mol. The number of rotatable bonds is 3. The van der Waals surface area contributed by atoms with Crippen LogP contribution in [0, 0.1) is 0 Å². The molecule has 0 amide bonds. The van der Waals surface area contributed by atoms with Crippen LogP contribution < -0.4 is 15.0 Å². The fraction of sp³-hybridized carbons (Fsp3) is 0.438. The molecule has 3 N–H and O–H groups in total. The zero-order valence-electron chi connectivity index (χ0n) is 13.4. The van der Waals surface area contributed by atoms with E-state index in [-0.39, 0.29) is 6.10 Å². The minimum atomic E-state index is -1.82. The van der Waals surface area contributed by atoms with Gasteiger partial charge < -0.3 is 25.2 Å². The summed E-state index contributed by atoms with van der Waals surface area (Å²) in [6.07, 6.45) is 1.19. The fourth-order valence-electron chi connectivity index (χ4n) is 2.56. The van der Waals surface area contributed by atoms with Crippen LogP contribution in [0.2, 0.25) is 0 Å². The number of amidine groups is 1. The number of fused-ring (bicyclic) bond motifs is 1. The summed E-state index contributed by atoms with van der Waals surface area (Å²) in [5.41, 5.74) is 1.20. The molecule has 0 fully saturated rings. The number of anilines is 1. The van der Waals surface area contributed by atoms with Gasteiger partial charge in [0.25, 0.3) is 0 Å². The van der Waals surface area contributed by atoms with Gasteiger partial charge in [-0.1, -0.05) is 19.1 Å². The van der Waals surface area contributed by atoms with E-state index in [4.69, 9.17) is 24.5 Å². The van der Waals surface area contributed by atoms with Crippen molar-refractivity contribution in [3.05, 3.63) is 24.3 Å². The van der Waals surface area contributed by atoms with Crippen LogP contribution in [0.15, 0.2) is 29.3 Å². The van der Waals surface area contributed by atoms with Crippen LogP contribution in [0.5, 0.6) is 5.75 Å². The van der Waals surface area contributed by atoms with Crippen molar-refractivity contribution >= 4 is 23.5 Å². The SMILES string of the molecule is CCCN1CC(C2=NCCN2)Oc2ccccc21.O=C(O)C(=O)O. The first-order chi connectivity index (χ1) is 11.5. The predicted molar refractivity (Wildman–Crippen MR) is 88.9 cm³/mol. The van der Waals surface area contributed by atoms with E-state index in [1.807, 2.05) is 12.1 Å². The number of aliphatic carboxylic acids is 2. The van der Waals surface area contributed by atoms with Gasteiger partial charge in [-0.2, -0.15) is 0 Å². The number of para-hydroxylation sites is 2. The van der Waals surface area contributed by atoms with Crippen LogP contribution in [0.4, 0.5) is 5.69 Å². The first-order valence-electron chi connectivity index (χ1n) is 7.78. The maximum atomic E-state index is 9.10. The van der Waals surface area contributed by atoms with Gasteiger partial charge in [0.2, 0.25) is 0 Å².